The molecule has 0 atom stereocenters. The maximum Gasteiger partial charge on any atom is 0.174 e. The van der Waals surface area contributed by atoms with Crippen LogP contribution in [0.4, 0.5) is 0 Å². The number of aromatic nitrogens is 4. The van der Waals surface area contributed by atoms with Crippen molar-refractivity contribution in [2.75, 3.05) is 0 Å². The van der Waals surface area contributed by atoms with Crippen molar-refractivity contribution in [3.05, 3.63) is 48.0 Å². The minimum atomic E-state index is -0.172. The summed E-state index contributed by atoms with van der Waals surface area (Å²) in [6.45, 7) is 6.17. The highest BCUT2D eigenvalue weighted by Gasteiger charge is 2.22. The van der Waals surface area contributed by atoms with E-state index in [4.69, 9.17) is 0 Å². The van der Waals surface area contributed by atoms with Gasteiger partial charge in [-0.2, -0.15) is 10.4 Å². The largest absolute Gasteiger partial charge is 0.265 e. The summed E-state index contributed by atoms with van der Waals surface area (Å²) in [5.41, 5.74) is 2.83. The van der Waals surface area contributed by atoms with Crippen molar-refractivity contribution in [2.24, 2.45) is 0 Å². The molecule has 0 N–H and O–H groups in total. The molecule has 0 spiro atoms. The van der Waals surface area contributed by atoms with E-state index < -0.39 is 0 Å². The van der Waals surface area contributed by atoms with Gasteiger partial charge in [-0.25, -0.2) is 9.50 Å². The van der Waals surface area contributed by atoms with Crippen molar-refractivity contribution in [2.45, 2.75) is 26.2 Å². The van der Waals surface area contributed by atoms with Crippen LogP contribution >= 0.6 is 0 Å². The first kappa shape index (κ1) is 13.3. The van der Waals surface area contributed by atoms with Crippen molar-refractivity contribution in [1.29, 1.82) is 5.26 Å². The molecule has 0 radical (unpaired) electrons. The fraction of sp³-hybridized carbons (Fsp3) is 0.250. The van der Waals surface area contributed by atoms with Crippen LogP contribution in [0.1, 0.15) is 32.2 Å². The Morgan fingerprint density at radius 3 is 2.43 bits per heavy atom. The molecule has 5 nitrogen and oxygen atoms in total. The Bertz CT molecular complexity index is 835. The van der Waals surface area contributed by atoms with Crippen LogP contribution < -0.4 is 0 Å². The first-order valence-electron chi connectivity index (χ1n) is 6.71. The summed E-state index contributed by atoms with van der Waals surface area (Å²) in [5, 5.41) is 13.9. The van der Waals surface area contributed by atoms with Gasteiger partial charge in [0.2, 0.25) is 0 Å². The molecule has 0 unspecified atom stereocenters. The second kappa shape index (κ2) is 4.67. The lowest BCUT2D eigenvalue weighted by molar-refractivity contribution is 0.545. The van der Waals surface area contributed by atoms with Crippen LogP contribution in [-0.2, 0) is 5.41 Å². The molecule has 104 valence electrons. The molecule has 3 rings (SSSR count). The molecule has 0 saturated carbocycles. The molecular weight excluding hydrogens is 262 g/mol. The molecule has 0 aliphatic heterocycles. The molecule has 0 aliphatic rings. The summed E-state index contributed by atoms with van der Waals surface area (Å²) in [5.74, 6) is 0.723. The predicted molar refractivity (Wildman–Crippen MR) is 79.6 cm³/mol. The van der Waals surface area contributed by atoms with E-state index in [0.717, 1.165) is 17.1 Å². The summed E-state index contributed by atoms with van der Waals surface area (Å²) in [7, 11) is 0. The number of rotatable bonds is 1. The van der Waals surface area contributed by atoms with E-state index in [1.54, 1.807) is 23.0 Å². The maximum absolute atomic E-state index is 9.27. The van der Waals surface area contributed by atoms with Gasteiger partial charge in [-0.3, -0.25) is 4.98 Å². The fourth-order valence-electron chi connectivity index (χ4n) is 2.11. The monoisotopic (exact) mass is 277 g/mol. The Kier molecular flexibility index (Phi) is 2.95. The van der Waals surface area contributed by atoms with E-state index in [1.165, 1.54) is 0 Å². The van der Waals surface area contributed by atoms with Crippen LogP contribution in [0.2, 0.25) is 0 Å². The van der Waals surface area contributed by atoms with Crippen molar-refractivity contribution >= 4 is 5.65 Å². The molecule has 3 aromatic rings. The Morgan fingerprint density at radius 2 is 1.81 bits per heavy atom. The maximum atomic E-state index is 9.27. The van der Waals surface area contributed by atoms with Gasteiger partial charge in [-0.1, -0.05) is 20.8 Å². The normalized spacial score (nSPS) is 11.5. The van der Waals surface area contributed by atoms with Crippen molar-refractivity contribution in [1.82, 2.24) is 19.6 Å². The molecular formula is C16H15N5. The van der Waals surface area contributed by atoms with Crippen LogP contribution in [0, 0.1) is 11.3 Å². The third-order valence-corrected chi connectivity index (χ3v) is 3.25. The highest BCUT2D eigenvalue weighted by molar-refractivity contribution is 5.66. The van der Waals surface area contributed by atoms with Gasteiger partial charge in [0.25, 0.3) is 0 Å². The quantitative estimate of drug-likeness (QED) is 0.686. The first-order valence-corrected chi connectivity index (χ1v) is 6.71. The van der Waals surface area contributed by atoms with Gasteiger partial charge in [0.05, 0.1) is 11.3 Å². The molecule has 5 heteroatoms. The second-order valence-corrected chi connectivity index (χ2v) is 5.90. The van der Waals surface area contributed by atoms with Crippen LogP contribution in [-0.4, -0.2) is 19.6 Å². The van der Waals surface area contributed by atoms with Crippen molar-refractivity contribution in [3.63, 3.8) is 0 Å². The number of nitriles is 1. The SMILES string of the molecule is CC(C)(C)c1nc2c(C#N)ccc(-c3ccncc3)n2n1. The van der Waals surface area contributed by atoms with E-state index in [1.807, 2.05) is 18.2 Å². The van der Waals surface area contributed by atoms with Crippen molar-refractivity contribution < 1.29 is 0 Å². The van der Waals surface area contributed by atoms with E-state index in [-0.39, 0.29) is 5.41 Å². The van der Waals surface area contributed by atoms with Gasteiger partial charge in [0, 0.05) is 23.4 Å². The van der Waals surface area contributed by atoms with Crippen molar-refractivity contribution in [3.8, 4) is 17.3 Å². The van der Waals surface area contributed by atoms with Gasteiger partial charge < -0.3 is 0 Å². The summed E-state index contributed by atoms with van der Waals surface area (Å²) >= 11 is 0. The summed E-state index contributed by atoms with van der Waals surface area (Å²) in [4.78, 5) is 8.59. The highest BCUT2D eigenvalue weighted by Crippen LogP contribution is 2.25. The zero-order valence-corrected chi connectivity index (χ0v) is 12.2. The average Bonchev–Trinajstić information content (AvgIpc) is 2.92. The minimum absolute atomic E-state index is 0.172. The number of nitrogens with zero attached hydrogens (tertiary/aromatic N) is 5. The van der Waals surface area contributed by atoms with Crippen LogP contribution in [0.5, 0.6) is 0 Å². The lowest BCUT2D eigenvalue weighted by atomic mass is 9.96. The van der Waals surface area contributed by atoms with Gasteiger partial charge in [-0.05, 0) is 24.3 Å². The molecule has 21 heavy (non-hydrogen) atoms. The molecule has 0 bridgehead atoms. The molecule has 0 saturated heterocycles. The molecule has 0 aromatic carbocycles. The standard InChI is InChI=1S/C16H15N5/c1-16(2,3)15-19-14-12(10-17)4-5-13(21(14)20-15)11-6-8-18-9-7-11/h4-9H,1-3H3. The van der Waals surface area contributed by atoms with E-state index in [2.05, 4.69) is 41.9 Å². The predicted octanol–water partition coefficient (Wildman–Crippen LogP) is 2.96. The number of hydrogen-bond donors (Lipinski definition) is 0. The average molecular weight is 277 g/mol. The van der Waals surface area contributed by atoms with Gasteiger partial charge >= 0.3 is 0 Å². The zero-order chi connectivity index (χ0) is 15.0. The van der Waals surface area contributed by atoms with Crippen LogP contribution in [0.3, 0.4) is 0 Å². The number of hydrogen-bond acceptors (Lipinski definition) is 4. The topological polar surface area (TPSA) is 66.9 Å². The Hall–Kier alpha value is -2.74. The molecule has 0 aliphatic carbocycles. The number of fused-ring (bicyclic) bond motifs is 1. The number of pyridine rings is 2. The van der Waals surface area contributed by atoms with E-state index in [0.29, 0.717) is 11.2 Å². The highest BCUT2D eigenvalue weighted by atomic mass is 15.3. The molecule has 3 aromatic heterocycles. The fourth-order valence-corrected chi connectivity index (χ4v) is 2.11. The van der Waals surface area contributed by atoms with E-state index >= 15 is 0 Å². The zero-order valence-electron chi connectivity index (χ0n) is 12.2. The Morgan fingerprint density at radius 1 is 1.10 bits per heavy atom. The van der Waals surface area contributed by atoms with E-state index in [9.17, 15) is 5.26 Å². The van der Waals surface area contributed by atoms with Crippen LogP contribution in [0.15, 0.2) is 36.7 Å². The Balaban J connectivity index is 2.33. The summed E-state index contributed by atoms with van der Waals surface area (Å²) in [6, 6.07) is 9.68. The third kappa shape index (κ3) is 2.25. The molecule has 0 amide bonds. The molecule has 3 heterocycles. The van der Waals surface area contributed by atoms with Crippen LogP contribution in [0.25, 0.3) is 16.9 Å². The first-order chi connectivity index (χ1) is 10.0. The lowest BCUT2D eigenvalue weighted by Crippen LogP contribution is -2.13. The smallest absolute Gasteiger partial charge is 0.174 e. The van der Waals surface area contributed by atoms with Gasteiger partial charge in [0.15, 0.2) is 11.5 Å². The second-order valence-electron chi connectivity index (χ2n) is 5.90. The third-order valence-electron chi connectivity index (χ3n) is 3.25. The molecule has 0 fully saturated rings. The summed E-state index contributed by atoms with van der Waals surface area (Å²) < 4.78 is 1.74. The minimum Gasteiger partial charge on any atom is -0.265 e. The van der Waals surface area contributed by atoms with Gasteiger partial charge in [-0.15, -0.1) is 0 Å². The Labute approximate surface area is 122 Å². The summed E-state index contributed by atoms with van der Waals surface area (Å²) in [6.07, 6.45) is 3.47. The lowest BCUT2D eigenvalue weighted by Gasteiger charge is -2.11. The van der Waals surface area contributed by atoms with Gasteiger partial charge in [0.1, 0.15) is 6.07 Å².